The third-order valence-electron chi connectivity index (χ3n) is 18.4. The van der Waals surface area contributed by atoms with E-state index >= 15 is 0 Å². The van der Waals surface area contributed by atoms with Crippen molar-refractivity contribution in [1.82, 2.24) is 0 Å². The molecule has 12 aromatic rings. The Labute approximate surface area is 554 Å². The molecule has 0 N–H and O–H groups in total. The van der Waals surface area contributed by atoms with E-state index in [0.29, 0.717) is 0 Å². The first kappa shape index (κ1) is 58.6. The summed E-state index contributed by atoms with van der Waals surface area (Å²) in [7, 11) is 0. The van der Waals surface area contributed by atoms with Gasteiger partial charge in [-0.3, -0.25) is 0 Å². The minimum absolute atomic E-state index is 0.228. The lowest BCUT2D eigenvalue weighted by Gasteiger charge is -2.35. The molecule has 0 fully saturated rings. The maximum absolute atomic E-state index is 2.51. The molecule has 12 aromatic carbocycles. The van der Waals surface area contributed by atoms with Gasteiger partial charge in [-0.25, -0.2) is 0 Å². The molecular formula is C90H72N4. The summed E-state index contributed by atoms with van der Waals surface area (Å²) in [6.45, 7) is 0. The van der Waals surface area contributed by atoms with Gasteiger partial charge in [-0.05, 0) is 208 Å². The number of allylic oxidation sites excluding steroid dienone is 8. The Hall–Kier alpha value is -11.7. The highest BCUT2D eigenvalue weighted by Gasteiger charge is 2.24. The highest BCUT2D eigenvalue weighted by atomic mass is 15.2. The Morgan fingerprint density at radius 3 is 0.968 bits per heavy atom. The van der Waals surface area contributed by atoms with E-state index in [1.807, 2.05) is 0 Å². The van der Waals surface area contributed by atoms with Crippen molar-refractivity contribution in [2.75, 3.05) is 19.6 Å². The molecule has 2 unspecified atom stereocenters. The molecule has 3 aliphatic rings. The van der Waals surface area contributed by atoms with Crippen LogP contribution in [0.3, 0.4) is 0 Å². The molecular weight excluding hydrogens is 1140 g/mol. The third kappa shape index (κ3) is 12.8. The SMILES string of the molecule is C1=CC(N(c2ccc(-c3ccc(N(c4ccccc4)c4ccc(-c5ccc(-c6ccc(N(c7ccccc7)c7ccc(C8C=CC(N(c9ccccc9)c9ccc(-c%10ccccc%10)cc9)=CC8)cc7)cc6)cc5)cc4)cc3)cc2)C2C=CC(c3ccccc3)=CC2)=CCC1. The molecule has 0 heterocycles. The van der Waals surface area contributed by atoms with Crippen LogP contribution in [-0.4, -0.2) is 6.04 Å². The van der Waals surface area contributed by atoms with E-state index in [0.717, 1.165) is 71.2 Å². The maximum Gasteiger partial charge on any atom is 0.0560 e. The Morgan fingerprint density at radius 1 is 0.234 bits per heavy atom. The summed E-state index contributed by atoms with van der Waals surface area (Å²) < 4.78 is 0. The fraction of sp³-hybridized carbons (Fsp3) is 0.0667. The maximum atomic E-state index is 2.51. The molecule has 0 radical (unpaired) electrons. The van der Waals surface area contributed by atoms with Crippen LogP contribution in [0.25, 0.3) is 50.1 Å². The number of benzene rings is 12. The van der Waals surface area contributed by atoms with E-state index in [2.05, 4.69) is 396 Å². The second kappa shape index (κ2) is 27.4. The van der Waals surface area contributed by atoms with Crippen LogP contribution in [0, 0.1) is 0 Å². The van der Waals surface area contributed by atoms with Gasteiger partial charge in [0.05, 0.1) is 6.04 Å². The normalized spacial score (nSPS) is 14.9. The summed E-state index contributed by atoms with van der Waals surface area (Å²) in [5, 5.41) is 0. The standard InChI is InChI=1S/C90H72N4/c1-7-19-67(20-8-1)71-35-51-83(52-36-71)91(79-23-11-3-12-24-79)87-59-43-75(44-60-87)77-47-63-89(64-48-77)93(81-27-15-5-16-28-81)85-55-39-73(40-56-85)69-31-33-70(34-32-69)74-41-57-86(58-42-74)94(82-29-17-6-18-30-82)90-65-49-78(50-66-90)76-45-61-88(62-46-76)92(80-25-13-4-14-26-80)84-53-37-72(38-54-84)68-21-9-2-10-22-68/h1-3,5-13,15-43,45-53,55-66,75,84H,4,14,44,54H2. The van der Waals surface area contributed by atoms with Gasteiger partial charge in [0.1, 0.15) is 0 Å². The van der Waals surface area contributed by atoms with Gasteiger partial charge in [0.25, 0.3) is 0 Å². The fourth-order valence-electron chi connectivity index (χ4n) is 13.4. The molecule has 0 saturated carbocycles. The molecule has 0 bridgehead atoms. The summed E-state index contributed by atoms with van der Waals surface area (Å²) in [5.74, 6) is 0.264. The average Bonchev–Trinajstić information content (AvgIpc) is 0.997. The van der Waals surface area contributed by atoms with Crippen molar-refractivity contribution in [3.05, 3.63) is 399 Å². The van der Waals surface area contributed by atoms with Crippen LogP contribution in [0.4, 0.5) is 51.2 Å². The first-order valence-corrected chi connectivity index (χ1v) is 32.9. The van der Waals surface area contributed by atoms with Crippen LogP contribution in [0.2, 0.25) is 0 Å². The molecule has 0 saturated heterocycles. The monoisotopic (exact) mass is 1210 g/mol. The molecule has 0 aromatic heterocycles. The molecule has 4 heteroatoms. The van der Waals surface area contributed by atoms with Crippen molar-refractivity contribution in [3.63, 3.8) is 0 Å². The fourth-order valence-corrected chi connectivity index (χ4v) is 13.4. The second-order valence-electron chi connectivity index (χ2n) is 24.3. The first-order chi connectivity index (χ1) is 46.6. The minimum Gasteiger partial charge on any atom is -0.335 e. The highest BCUT2D eigenvalue weighted by Crippen LogP contribution is 2.42. The lowest BCUT2D eigenvalue weighted by atomic mass is 9.91. The molecule has 0 amide bonds. The Morgan fingerprint density at radius 2 is 0.585 bits per heavy atom. The summed E-state index contributed by atoms with van der Waals surface area (Å²) in [6, 6.07) is 117. The molecule has 3 aliphatic carbocycles. The summed E-state index contributed by atoms with van der Waals surface area (Å²) in [6.07, 6.45) is 25.1. The number of hydrogen-bond donors (Lipinski definition) is 0. The summed E-state index contributed by atoms with van der Waals surface area (Å²) >= 11 is 0. The number of hydrogen-bond acceptors (Lipinski definition) is 4. The Bertz CT molecular complexity index is 4690. The van der Waals surface area contributed by atoms with Gasteiger partial charge in [0.15, 0.2) is 0 Å². The van der Waals surface area contributed by atoms with E-state index in [1.54, 1.807) is 0 Å². The van der Waals surface area contributed by atoms with Crippen LogP contribution < -0.4 is 19.6 Å². The number of rotatable bonds is 18. The summed E-state index contributed by atoms with van der Waals surface area (Å²) in [4.78, 5) is 9.55. The number of nitrogens with zero attached hydrogens (tertiary/aromatic N) is 4. The molecule has 94 heavy (non-hydrogen) atoms. The predicted molar refractivity (Wildman–Crippen MR) is 398 cm³/mol. The molecule has 2 atom stereocenters. The number of anilines is 9. The zero-order chi connectivity index (χ0) is 62.8. The zero-order valence-electron chi connectivity index (χ0n) is 52.6. The second-order valence-corrected chi connectivity index (χ2v) is 24.3. The van der Waals surface area contributed by atoms with Crippen molar-refractivity contribution in [2.24, 2.45) is 0 Å². The molecule has 0 aliphatic heterocycles. The van der Waals surface area contributed by atoms with Gasteiger partial charge in [-0.2, -0.15) is 0 Å². The van der Waals surface area contributed by atoms with Gasteiger partial charge in [0, 0.05) is 68.5 Å². The third-order valence-corrected chi connectivity index (χ3v) is 18.4. The van der Waals surface area contributed by atoms with Crippen LogP contribution in [-0.2, 0) is 0 Å². The van der Waals surface area contributed by atoms with Crippen LogP contribution >= 0.6 is 0 Å². The predicted octanol–water partition coefficient (Wildman–Crippen LogP) is 24.5. The first-order valence-electron chi connectivity index (χ1n) is 32.9. The summed E-state index contributed by atoms with van der Waals surface area (Å²) in [5.41, 5.74) is 25.9. The van der Waals surface area contributed by atoms with E-state index in [-0.39, 0.29) is 12.0 Å². The Kier molecular flexibility index (Phi) is 17.1. The smallest absolute Gasteiger partial charge is 0.0560 e. The van der Waals surface area contributed by atoms with E-state index in [9.17, 15) is 0 Å². The van der Waals surface area contributed by atoms with Gasteiger partial charge in [-0.1, -0.05) is 255 Å². The largest absolute Gasteiger partial charge is 0.335 e. The van der Waals surface area contributed by atoms with E-state index in [4.69, 9.17) is 0 Å². The lowest BCUT2D eigenvalue weighted by molar-refractivity contribution is 0.756. The van der Waals surface area contributed by atoms with Crippen molar-refractivity contribution in [3.8, 4) is 44.5 Å². The van der Waals surface area contributed by atoms with Gasteiger partial charge < -0.3 is 19.6 Å². The van der Waals surface area contributed by atoms with Gasteiger partial charge in [-0.15, -0.1) is 0 Å². The van der Waals surface area contributed by atoms with Crippen molar-refractivity contribution < 1.29 is 0 Å². The van der Waals surface area contributed by atoms with Crippen molar-refractivity contribution in [1.29, 1.82) is 0 Å². The van der Waals surface area contributed by atoms with Crippen molar-refractivity contribution >= 4 is 56.8 Å². The lowest BCUT2D eigenvalue weighted by Crippen LogP contribution is -2.33. The highest BCUT2D eigenvalue weighted by molar-refractivity contribution is 5.83. The van der Waals surface area contributed by atoms with Gasteiger partial charge >= 0.3 is 0 Å². The van der Waals surface area contributed by atoms with Crippen LogP contribution in [0.5, 0.6) is 0 Å². The zero-order valence-corrected chi connectivity index (χ0v) is 52.6. The topological polar surface area (TPSA) is 13.0 Å². The van der Waals surface area contributed by atoms with Gasteiger partial charge in [0.2, 0.25) is 0 Å². The molecule has 0 spiro atoms. The molecule has 15 rings (SSSR count). The number of para-hydroxylation sites is 3. The minimum atomic E-state index is 0.228. The molecule has 452 valence electrons. The van der Waals surface area contributed by atoms with E-state index < -0.39 is 0 Å². The van der Waals surface area contributed by atoms with Crippen LogP contribution in [0.1, 0.15) is 42.7 Å². The average molecular weight is 1210 g/mol. The van der Waals surface area contributed by atoms with Crippen molar-refractivity contribution in [2.45, 2.75) is 37.6 Å². The molecule has 4 nitrogen and oxygen atoms in total. The van der Waals surface area contributed by atoms with Crippen LogP contribution in [0.15, 0.2) is 388 Å². The Balaban J connectivity index is 0.615. The quantitative estimate of drug-likeness (QED) is 0.0849. The van der Waals surface area contributed by atoms with E-state index in [1.165, 1.54) is 78.3 Å².